The number of carbonyl (C=O) groups is 3. The third kappa shape index (κ3) is 4.76. The first kappa shape index (κ1) is 23.7. The van der Waals surface area contributed by atoms with E-state index >= 15 is 0 Å². The molecule has 1 aromatic heterocycles. The number of ether oxygens (including phenoxy) is 2. The van der Waals surface area contributed by atoms with Crippen molar-refractivity contribution in [2.75, 3.05) is 33.3 Å². The predicted octanol–water partition coefficient (Wildman–Crippen LogP) is 2.55. The average molecular weight is 473 g/mol. The second-order valence-corrected chi connectivity index (χ2v) is 10.0. The Morgan fingerprint density at radius 3 is 2.38 bits per heavy atom. The van der Waals surface area contributed by atoms with Gasteiger partial charge in [-0.1, -0.05) is 12.1 Å². The van der Waals surface area contributed by atoms with E-state index in [1.165, 1.54) is 25.4 Å². The van der Waals surface area contributed by atoms with Gasteiger partial charge in [0.2, 0.25) is 0 Å². The predicted molar refractivity (Wildman–Crippen MR) is 119 cm³/mol. The summed E-state index contributed by atoms with van der Waals surface area (Å²) >= 11 is 0. The average Bonchev–Trinajstić information content (AvgIpc) is 3.37. The van der Waals surface area contributed by atoms with Crippen LogP contribution >= 0.6 is 0 Å². The zero-order valence-electron chi connectivity index (χ0n) is 19.8. The Labute approximate surface area is 197 Å². The second kappa shape index (κ2) is 8.73. The van der Waals surface area contributed by atoms with Crippen LogP contribution in [0.4, 0.5) is 9.18 Å². The molecule has 2 saturated heterocycles. The zero-order chi connectivity index (χ0) is 24.7. The molecule has 2 aliphatic heterocycles. The number of nitrogens with zero attached hydrogens (tertiary/aromatic N) is 4. The van der Waals surface area contributed by atoms with Crippen molar-refractivity contribution in [3.8, 4) is 0 Å². The van der Waals surface area contributed by atoms with Gasteiger partial charge in [0.15, 0.2) is 0 Å². The minimum atomic E-state index is -0.618. The van der Waals surface area contributed by atoms with Crippen LogP contribution in [0.15, 0.2) is 36.7 Å². The lowest BCUT2D eigenvalue weighted by atomic mass is 9.71. The van der Waals surface area contributed by atoms with Gasteiger partial charge in [-0.25, -0.2) is 9.18 Å². The maximum absolute atomic E-state index is 13.2. The fourth-order valence-corrected chi connectivity index (χ4v) is 4.60. The lowest BCUT2D eigenvalue weighted by Gasteiger charge is -2.49. The summed E-state index contributed by atoms with van der Waals surface area (Å²) in [6.07, 6.45) is 2.68. The van der Waals surface area contributed by atoms with E-state index in [1.54, 1.807) is 53.6 Å². The Kier molecular flexibility index (Phi) is 6.09. The molecule has 0 unspecified atom stereocenters. The van der Waals surface area contributed by atoms with E-state index in [0.29, 0.717) is 31.7 Å². The van der Waals surface area contributed by atoms with Gasteiger partial charge in [-0.15, -0.1) is 0 Å². The number of carbonyl (C=O) groups excluding carboxylic acids is 3. The first-order valence-electron chi connectivity index (χ1n) is 11.1. The summed E-state index contributed by atoms with van der Waals surface area (Å²) in [6.45, 7) is 6.94. The van der Waals surface area contributed by atoms with E-state index < -0.39 is 29.0 Å². The standard InChI is InChI=1S/C24H29FN4O5/c1-23(2,3)34-22(32)28-14-24(15-28)13-27(12-19(24)21(31)33-4)20(30)17-9-26-29(11-17)10-16-5-7-18(25)8-6-16/h5-9,11,19H,10,12-15H2,1-4H3/t19-/m0/s1. The molecule has 34 heavy (non-hydrogen) atoms. The molecule has 2 aliphatic rings. The Balaban J connectivity index is 1.44. The molecule has 2 fully saturated rings. The SMILES string of the molecule is COC(=O)[C@@H]1CN(C(=O)c2cnn(Cc3ccc(F)cc3)c2)CC12CN(C(=O)OC(C)(C)C)C2. The van der Waals surface area contributed by atoms with E-state index in [1.807, 2.05) is 0 Å². The number of halogens is 1. The molecular formula is C24H29FN4O5. The van der Waals surface area contributed by atoms with Crippen molar-refractivity contribution in [2.24, 2.45) is 11.3 Å². The minimum Gasteiger partial charge on any atom is -0.469 e. The summed E-state index contributed by atoms with van der Waals surface area (Å²) in [6, 6.07) is 6.08. The molecule has 0 saturated carbocycles. The van der Waals surface area contributed by atoms with Gasteiger partial charge in [0.05, 0.1) is 31.3 Å². The fraction of sp³-hybridized carbons (Fsp3) is 0.500. The molecule has 2 aromatic rings. The number of rotatable bonds is 4. The first-order valence-corrected chi connectivity index (χ1v) is 11.1. The topological polar surface area (TPSA) is 94.0 Å². The molecule has 1 atom stereocenters. The van der Waals surface area contributed by atoms with Gasteiger partial charge < -0.3 is 19.3 Å². The van der Waals surface area contributed by atoms with Crippen molar-refractivity contribution in [2.45, 2.75) is 32.9 Å². The number of benzene rings is 1. The Bertz CT molecular complexity index is 1090. The van der Waals surface area contributed by atoms with Crippen LogP contribution in [0.1, 0.15) is 36.7 Å². The molecule has 182 valence electrons. The molecule has 9 nitrogen and oxygen atoms in total. The van der Waals surface area contributed by atoms with Gasteiger partial charge in [-0.3, -0.25) is 14.3 Å². The number of methoxy groups -OCH3 is 1. The summed E-state index contributed by atoms with van der Waals surface area (Å²) in [5.41, 5.74) is 0.0640. The lowest BCUT2D eigenvalue weighted by Crippen LogP contribution is -2.63. The van der Waals surface area contributed by atoms with Gasteiger partial charge in [0.1, 0.15) is 11.4 Å². The van der Waals surface area contributed by atoms with E-state index in [0.717, 1.165) is 5.56 Å². The minimum absolute atomic E-state index is 0.205. The molecule has 0 N–H and O–H groups in total. The summed E-state index contributed by atoms with van der Waals surface area (Å²) in [4.78, 5) is 41.3. The van der Waals surface area contributed by atoms with Gasteiger partial charge in [0.25, 0.3) is 5.91 Å². The Morgan fingerprint density at radius 2 is 1.76 bits per heavy atom. The first-order chi connectivity index (χ1) is 16.0. The number of hydrogen-bond acceptors (Lipinski definition) is 6. The summed E-state index contributed by atoms with van der Waals surface area (Å²) in [5, 5.41) is 4.25. The normalized spacial score (nSPS) is 19.1. The van der Waals surface area contributed by atoms with Gasteiger partial charge in [0, 0.05) is 37.8 Å². The maximum atomic E-state index is 13.2. The van der Waals surface area contributed by atoms with E-state index in [2.05, 4.69) is 5.10 Å². The Morgan fingerprint density at radius 1 is 1.12 bits per heavy atom. The number of esters is 1. The Hall–Kier alpha value is -3.43. The highest BCUT2D eigenvalue weighted by Crippen LogP contribution is 2.45. The van der Waals surface area contributed by atoms with Gasteiger partial charge in [-0.05, 0) is 38.5 Å². The van der Waals surface area contributed by atoms with Crippen LogP contribution < -0.4 is 0 Å². The third-order valence-corrected chi connectivity index (χ3v) is 6.22. The quantitative estimate of drug-likeness (QED) is 0.635. The monoisotopic (exact) mass is 472 g/mol. The number of aromatic nitrogens is 2. The van der Waals surface area contributed by atoms with Gasteiger partial charge in [-0.2, -0.15) is 5.10 Å². The van der Waals surface area contributed by atoms with Crippen LogP contribution in [0.25, 0.3) is 0 Å². The molecular weight excluding hydrogens is 443 g/mol. The molecule has 1 aromatic carbocycles. The van der Waals surface area contributed by atoms with Crippen molar-refractivity contribution < 1.29 is 28.2 Å². The van der Waals surface area contributed by atoms with Crippen molar-refractivity contribution >= 4 is 18.0 Å². The van der Waals surface area contributed by atoms with Crippen molar-refractivity contribution in [1.29, 1.82) is 0 Å². The van der Waals surface area contributed by atoms with Crippen LogP contribution in [0.5, 0.6) is 0 Å². The van der Waals surface area contributed by atoms with Crippen molar-refractivity contribution in [3.63, 3.8) is 0 Å². The molecule has 1 spiro atoms. The number of likely N-dealkylation sites (tertiary alicyclic amines) is 2. The highest BCUT2D eigenvalue weighted by Gasteiger charge is 2.60. The summed E-state index contributed by atoms with van der Waals surface area (Å²) in [5.74, 6) is -1.49. The fourth-order valence-electron chi connectivity index (χ4n) is 4.60. The van der Waals surface area contributed by atoms with E-state index in [-0.39, 0.29) is 18.3 Å². The maximum Gasteiger partial charge on any atom is 0.410 e. The van der Waals surface area contributed by atoms with Crippen LogP contribution in [0.2, 0.25) is 0 Å². The highest BCUT2D eigenvalue weighted by atomic mass is 19.1. The second-order valence-electron chi connectivity index (χ2n) is 10.0. The largest absolute Gasteiger partial charge is 0.469 e. The van der Waals surface area contributed by atoms with Crippen molar-refractivity contribution in [1.82, 2.24) is 19.6 Å². The molecule has 4 rings (SSSR count). The van der Waals surface area contributed by atoms with Crippen LogP contribution in [0, 0.1) is 17.2 Å². The zero-order valence-corrected chi connectivity index (χ0v) is 19.8. The van der Waals surface area contributed by atoms with Crippen LogP contribution in [0.3, 0.4) is 0 Å². The highest BCUT2D eigenvalue weighted by molar-refractivity contribution is 5.94. The smallest absolute Gasteiger partial charge is 0.410 e. The van der Waals surface area contributed by atoms with Crippen LogP contribution in [-0.4, -0.2) is 76.4 Å². The lowest BCUT2D eigenvalue weighted by molar-refractivity contribution is -0.153. The molecule has 10 heteroatoms. The molecule has 2 amide bonds. The molecule has 3 heterocycles. The summed E-state index contributed by atoms with van der Waals surface area (Å²) < 4.78 is 25.2. The third-order valence-electron chi connectivity index (χ3n) is 6.22. The summed E-state index contributed by atoms with van der Waals surface area (Å²) in [7, 11) is 1.32. The van der Waals surface area contributed by atoms with Gasteiger partial charge >= 0.3 is 12.1 Å². The molecule has 0 radical (unpaired) electrons. The van der Waals surface area contributed by atoms with Crippen LogP contribution in [-0.2, 0) is 20.8 Å². The molecule has 0 bridgehead atoms. The molecule has 0 aliphatic carbocycles. The van der Waals surface area contributed by atoms with E-state index in [4.69, 9.17) is 9.47 Å². The number of amides is 2. The van der Waals surface area contributed by atoms with E-state index in [9.17, 15) is 18.8 Å². The number of hydrogen-bond donors (Lipinski definition) is 0. The van der Waals surface area contributed by atoms with Crippen molar-refractivity contribution in [3.05, 3.63) is 53.6 Å².